The summed E-state index contributed by atoms with van der Waals surface area (Å²) in [5, 5.41) is 0. The van der Waals surface area contributed by atoms with Crippen LogP contribution < -0.4 is 10.6 Å². The molecular weight excluding hydrogens is 233 g/mol. The van der Waals surface area contributed by atoms with Crippen LogP contribution in [0.3, 0.4) is 0 Å². The van der Waals surface area contributed by atoms with Gasteiger partial charge in [0, 0.05) is 24.6 Å². The summed E-state index contributed by atoms with van der Waals surface area (Å²) in [7, 11) is 1.60. The van der Waals surface area contributed by atoms with Crippen molar-refractivity contribution >= 4 is 17.3 Å². The lowest BCUT2D eigenvalue weighted by Crippen LogP contribution is -2.26. The van der Waals surface area contributed by atoms with E-state index in [9.17, 15) is 9.18 Å². The summed E-state index contributed by atoms with van der Waals surface area (Å²) >= 11 is 0. The molecule has 2 N–H and O–H groups in total. The molecule has 0 radical (unpaired) electrons. The van der Waals surface area contributed by atoms with Crippen molar-refractivity contribution in [1.29, 1.82) is 0 Å². The van der Waals surface area contributed by atoms with E-state index in [4.69, 9.17) is 5.73 Å². The second kappa shape index (κ2) is 4.83. The minimum Gasteiger partial charge on any atom is -0.399 e. The highest BCUT2D eigenvalue weighted by molar-refractivity contribution is 6.05. The summed E-state index contributed by atoms with van der Waals surface area (Å²) in [6.07, 6.45) is 2.38. The molecule has 1 amide bonds. The summed E-state index contributed by atoms with van der Waals surface area (Å²) in [6.45, 7) is 0. The van der Waals surface area contributed by atoms with Crippen LogP contribution in [0.5, 0.6) is 0 Å². The quantitative estimate of drug-likeness (QED) is 0.824. The minimum atomic E-state index is -0.540. The number of carbonyl (C=O) groups is 1. The van der Waals surface area contributed by atoms with Gasteiger partial charge in [0.15, 0.2) is 0 Å². The first-order valence-corrected chi connectivity index (χ1v) is 5.32. The second-order valence-corrected chi connectivity index (χ2v) is 3.85. The van der Waals surface area contributed by atoms with Gasteiger partial charge < -0.3 is 10.6 Å². The van der Waals surface area contributed by atoms with Gasteiger partial charge in [-0.25, -0.2) is 4.39 Å². The third kappa shape index (κ3) is 2.45. The van der Waals surface area contributed by atoms with Gasteiger partial charge >= 0.3 is 0 Å². The fraction of sp³-hybridized carbons (Fsp3) is 0.0769. The molecule has 0 aliphatic rings. The zero-order valence-corrected chi connectivity index (χ0v) is 9.80. The number of aromatic nitrogens is 1. The number of pyridine rings is 1. The Morgan fingerprint density at radius 2 is 2.11 bits per heavy atom. The van der Waals surface area contributed by atoms with Crippen molar-refractivity contribution in [2.45, 2.75) is 0 Å². The average Bonchev–Trinajstić information content (AvgIpc) is 2.37. The third-order valence-corrected chi connectivity index (χ3v) is 2.51. The van der Waals surface area contributed by atoms with Crippen LogP contribution >= 0.6 is 0 Å². The number of hydrogen-bond donors (Lipinski definition) is 1. The van der Waals surface area contributed by atoms with E-state index in [1.165, 1.54) is 11.1 Å². The molecule has 5 heteroatoms. The highest BCUT2D eigenvalue weighted by Gasteiger charge is 2.14. The van der Waals surface area contributed by atoms with E-state index in [1.807, 2.05) is 0 Å². The molecule has 1 heterocycles. The van der Waals surface area contributed by atoms with E-state index in [0.717, 1.165) is 12.3 Å². The number of nitrogens with zero attached hydrogens (tertiary/aromatic N) is 2. The lowest BCUT2D eigenvalue weighted by molar-refractivity contribution is 0.0992. The van der Waals surface area contributed by atoms with E-state index >= 15 is 0 Å². The van der Waals surface area contributed by atoms with Crippen molar-refractivity contribution in [3.63, 3.8) is 0 Å². The summed E-state index contributed by atoms with van der Waals surface area (Å²) in [4.78, 5) is 17.1. The van der Waals surface area contributed by atoms with Crippen molar-refractivity contribution in [2.24, 2.45) is 0 Å². The Bertz CT molecular complexity index is 586. The van der Waals surface area contributed by atoms with Crippen LogP contribution in [0.2, 0.25) is 0 Å². The molecule has 0 unspecified atom stereocenters. The topological polar surface area (TPSA) is 59.2 Å². The summed E-state index contributed by atoms with van der Waals surface area (Å²) < 4.78 is 13.0. The van der Waals surface area contributed by atoms with Crippen LogP contribution in [-0.2, 0) is 0 Å². The monoisotopic (exact) mass is 245 g/mol. The van der Waals surface area contributed by atoms with Crippen LogP contribution in [0, 0.1) is 5.82 Å². The Hall–Kier alpha value is -2.43. The maximum atomic E-state index is 13.0. The van der Waals surface area contributed by atoms with E-state index in [1.54, 1.807) is 31.3 Å². The van der Waals surface area contributed by atoms with Crippen molar-refractivity contribution in [3.8, 4) is 0 Å². The number of halogens is 1. The van der Waals surface area contributed by atoms with Gasteiger partial charge in [-0.2, -0.15) is 0 Å². The predicted molar refractivity (Wildman–Crippen MR) is 67.8 cm³/mol. The molecule has 0 bridgehead atoms. The van der Waals surface area contributed by atoms with Crippen molar-refractivity contribution in [2.75, 3.05) is 17.7 Å². The van der Waals surface area contributed by atoms with Gasteiger partial charge in [-0.05, 0) is 24.3 Å². The molecule has 0 fully saturated rings. The van der Waals surface area contributed by atoms with E-state index < -0.39 is 5.82 Å². The van der Waals surface area contributed by atoms with Gasteiger partial charge in [0.05, 0.1) is 11.8 Å². The standard InChI is InChI=1S/C13H12FN3O/c1-17(12-4-2-3-11(15)6-12)13(18)9-5-10(14)8-16-7-9/h2-8H,15H2,1H3. The Balaban J connectivity index is 2.29. The van der Waals surface area contributed by atoms with Crippen LogP contribution in [0.4, 0.5) is 15.8 Å². The number of rotatable bonds is 2. The molecule has 0 saturated heterocycles. The SMILES string of the molecule is CN(C(=O)c1cncc(F)c1)c1cccc(N)c1. The van der Waals surface area contributed by atoms with Crippen LogP contribution in [0.25, 0.3) is 0 Å². The molecule has 1 aromatic heterocycles. The third-order valence-electron chi connectivity index (χ3n) is 2.51. The molecule has 0 spiro atoms. The maximum Gasteiger partial charge on any atom is 0.259 e. The molecule has 1 aromatic carbocycles. The predicted octanol–water partition coefficient (Wildman–Crippen LogP) is 2.08. The van der Waals surface area contributed by atoms with Gasteiger partial charge in [0.1, 0.15) is 5.82 Å². The van der Waals surface area contributed by atoms with Crippen molar-refractivity contribution in [3.05, 3.63) is 54.1 Å². The number of nitrogens with two attached hydrogens (primary N) is 1. The summed E-state index contributed by atoms with van der Waals surface area (Å²) in [5.41, 5.74) is 7.05. The second-order valence-electron chi connectivity index (χ2n) is 3.85. The number of hydrogen-bond acceptors (Lipinski definition) is 3. The van der Waals surface area contributed by atoms with Crippen LogP contribution in [0.15, 0.2) is 42.7 Å². The Labute approximate surface area is 104 Å². The first kappa shape index (κ1) is 12.0. The molecule has 4 nitrogen and oxygen atoms in total. The van der Waals surface area contributed by atoms with Crippen LogP contribution in [0.1, 0.15) is 10.4 Å². The zero-order chi connectivity index (χ0) is 13.1. The highest BCUT2D eigenvalue weighted by Crippen LogP contribution is 2.18. The smallest absolute Gasteiger partial charge is 0.259 e. The first-order chi connectivity index (χ1) is 8.58. The molecule has 92 valence electrons. The molecule has 0 saturated carbocycles. The molecule has 2 rings (SSSR count). The first-order valence-electron chi connectivity index (χ1n) is 5.32. The number of carbonyl (C=O) groups excluding carboxylic acids is 1. The fourth-order valence-electron chi connectivity index (χ4n) is 1.57. The van der Waals surface area contributed by atoms with Gasteiger partial charge in [0.2, 0.25) is 0 Å². The van der Waals surface area contributed by atoms with E-state index in [2.05, 4.69) is 4.98 Å². The number of amides is 1. The molecule has 0 aliphatic carbocycles. The Kier molecular flexibility index (Phi) is 3.23. The van der Waals surface area contributed by atoms with Crippen LogP contribution in [-0.4, -0.2) is 17.9 Å². The van der Waals surface area contributed by atoms with Crippen molar-refractivity contribution < 1.29 is 9.18 Å². The average molecular weight is 245 g/mol. The molecule has 0 atom stereocenters. The minimum absolute atomic E-state index is 0.194. The summed E-state index contributed by atoms with van der Waals surface area (Å²) in [6, 6.07) is 8.05. The molecular formula is C13H12FN3O. The van der Waals surface area contributed by atoms with Gasteiger partial charge in [-0.1, -0.05) is 6.07 Å². The molecule has 18 heavy (non-hydrogen) atoms. The fourth-order valence-corrected chi connectivity index (χ4v) is 1.57. The number of benzene rings is 1. The van der Waals surface area contributed by atoms with E-state index in [0.29, 0.717) is 11.4 Å². The highest BCUT2D eigenvalue weighted by atomic mass is 19.1. The molecule has 0 aliphatic heterocycles. The number of nitrogen functional groups attached to an aromatic ring is 1. The lowest BCUT2D eigenvalue weighted by atomic mass is 10.2. The van der Waals surface area contributed by atoms with Gasteiger partial charge in [-0.3, -0.25) is 9.78 Å². The Morgan fingerprint density at radius 1 is 1.33 bits per heavy atom. The normalized spacial score (nSPS) is 10.1. The van der Waals surface area contributed by atoms with E-state index in [-0.39, 0.29) is 11.5 Å². The summed E-state index contributed by atoms with van der Waals surface area (Å²) in [5.74, 6) is -0.880. The van der Waals surface area contributed by atoms with Gasteiger partial charge in [0.25, 0.3) is 5.91 Å². The maximum absolute atomic E-state index is 13.0. The zero-order valence-electron chi connectivity index (χ0n) is 9.80. The largest absolute Gasteiger partial charge is 0.399 e. The Morgan fingerprint density at radius 3 is 2.78 bits per heavy atom. The number of anilines is 2. The van der Waals surface area contributed by atoms with Crippen molar-refractivity contribution in [1.82, 2.24) is 4.98 Å². The van der Waals surface area contributed by atoms with Gasteiger partial charge in [-0.15, -0.1) is 0 Å². The molecule has 2 aromatic rings. The lowest BCUT2D eigenvalue weighted by Gasteiger charge is -2.17.